The molecule has 0 aliphatic carbocycles. The number of likely N-dealkylation sites (tertiary alicyclic amines) is 1. The van der Waals surface area contributed by atoms with Crippen molar-refractivity contribution in [3.8, 4) is 11.5 Å². The minimum Gasteiger partial charge on any atom is -0.469 e. The number of methoxy groups -OCH3 is 1. The highest BCUT2D eigenvalue weighted by Crippen LogP contribution is 2.26. The Morgan fingerprint density at radius 1 is 1.30 bits per heavy atom. The molecule has 7 nitrogen and oxygen atoms in total. The lowest BCUT2D eigenvalue weighted by molar-refractivity contribution is -0.147. The summed E-state index contributed by atoms with van der Waals surface area (Å²) in [6.07, 6.45) is 1.60. The predicted octanol–water partition coefficient (Wildman–Crippen LogP) is 2.33. The molecule has 1 fully saturated rings. The fourth-order valence-electron chi connectivity index (χ4n) is 2.95. The van der Waals surface area contributed by atoms with Crippen LogP contribution in [0.4, 0.5) is 0 Å². The van der Waals surface area contributed by atoms with Gasteiger partial charge in [-0.2, -0.15) is 0 Å². The fourth-order valence-corrected chi connectivity index (χ4v) is 2.95. The van der Waals surface area contributed by atoms with Crippen LogP contribution in [0.5, 0.6) is 0 Å². The summed E-state index contributed by atoms with van der Waals surface area (Å²) in [5.41, 5.74) is 0.839. The number of rotatable bonds is 4. The standard InChI is InChI=1S/C16H21N3O4/c1-10-8-13(11(2)22-10)15-18-17-14(23-15)9-19-6-4-12(5-7-19)16(20)21-3/h8,12H,4-7,9H2,1-3H3. The molecule has 7 heteroatoms. The van der Waals surface area contributed by atoms with E-state index in [0.29, 0.717) is 18.3 Å². The lowest BCUT2D eigenvalue weighted by atomic mass is 9.97. The molecule has 0 amide bonds. The third kappa shape index (κ3) is 3.44. The number of furan rings is 1. The van der Waals surface area contributed by atoms with E-state index in [9.17, 15) is 4.79 Å². The van der Waals surface area contributed by atoms with Gasteiger partial charge in [-0.25, -0.2) is 0 Å². The molecule has 0 radical (unpaired) electrons. The van der Waals surface area contributed by atoms with Gasteiger partial charge >= 0.3 is 5.97 Å². The van der Waals surface area contributed by atoms with Crippen molar-refractivity contribution in [2.24, 2.45) is 5.92 Å². The van der Waals surface area contributed by atoms with Gasteiger partial charge in [0.2, 0.25) is 5.89 Å². The molecule has 3 rings (SSSR count). The molecule has 3 heterocycles. The number of hydrogen-bond acceptors (Lipinski definition) is 7. The van der Waals surface area contributed by atoms with Gasteiger partial charge in [-0.05, 0) is 45.8 Å². The van der Waals surface area contributed by atoms with Gasteiger partial charge < -0.3 is 13.6 Å². The molecular weight excluding hydrogens is 298 g/mol. The van der Waals surface area contributed by atoms with Gasteiger partial charge in [-0.1, -0.05) is 0 Å². The highest BCUT2D eigenvalue weighted by atomic mass is 16.5. The summed E-state index contributed by atoms with van der Waals surface area (Å²) in [4.78, 5) is 13.7. The number of nitrogens with zero attached hydrogens (tertiary/aromatic N) is 3. The van der Waals surface area contributed by atoms with Crippen molar-refractivity contribution in [3.05, 3.63) is 23.5 Å². The molecule has 2 aromatic heterocycles. The zero-order valence-electron chi connectivity index (χ0n) is 13.7. The summed E-state index contributed by atoms with van der Waals surface area (Å²) < 4.78 is 16.0. The molecule has 0 N–H and O–H groups in total. The topological polar surface area (TPSA) is 81.6 Å². The second-order valence-corrected chi connectivity index (χ2v) is 5.90. The molecule has 0 spiro atoms. The summed E-state index contributed by atoms with van der Waals surface area (Å²) in [5, 5.41) is 8.22. The number of piperidine rings is 1. The molecule has 23 heavy (non-hydrogen) atoms. The van der Waals surface area contributed by atoms with Crippen LogP contribution in [-0.2, 0) is 16.1 Å². The number of hydrogen-bond donors (Lipinski definition) is 0. The van der Waals surface area contributed by atoms with E-state index in [4.69, 9.17) is 13.6 Å². The van der Waals surface area contributed by atoms with Crippen molar-refractivity contribution >= 4 is 5.97 Å². The Morgan fingerprint density at radius 3 is 2.65 bits per heavy atom. The normalized spacial score (nSPS) is 16.7. The van der Waals surface area contributed by atoms with Crippen molar-refractivity contribution in [2.45, 2.75) is 33.2 Å². The average molecular weight is 319 g/mol. The van der Waals surface area contributed by atoms with E-state index in [1.54, 1.807) is 0 Å². The number of aryl methyl sites for hydroxylation is 2. The molecule has 0 atom stereocenters. The van der Waals surface area contributed by atoms with Gasteiger partial charge in [0.1, 0.15) is 11.5 Å². The zero-order valence-corrected chi connectivity index (χ0v) is 13.7. The molecule has 0 aromatic carbocycles. The number of carbonyl (C=O) groups excluding carboxylic acids is 1. The zero-order chi connectivity index (χ0) is 16.4. The van der Waals surface area contributed by atoms with Gasteiger partial charge in [-0.15, -0.1) is 10.2 Å². The molecular formula is C16H21N3O4. The molecule has 124 valence electrons. The van der Waals surface area contributed by atoms with Crippen molar-refractivity contribution in [3.63, 3.8) is 0 Å². The van der Waals surface area contributed by atoms with Crippen LogP contribution in [0.3, 0.4) is 0 Å². The predicted molar refractivity (Wildman–Crippen MR) is 81.5 cm³/mol. The Labute approximate surface area is 134 Å². The first-order valence-electron chi connectivity index (χ1n) is 7.76. The summed E-state index contributed by atoms with van der Waals surface area (Å²) in [6.45, 7) is 6.00. The first kappa shape index (κ1) is 15.7. The van der Waals surface area contributed by atoms with Crippen LogP contribution in [-0.4, -0.2) is 41.3 Å². The van der Waals surface area contributed by atoms with Crippen LogP contribution in [0, 0.1) is 19.8 Å². The van der Waals surface area contributed by atoms with Gasteiger partial charge in [0.25, 0.3) is 5.89 Å². The van der Waals surface area contributed by atoms with E-state index < -0.39 is 0 Å². The fraction of sp³-hybridized carbons (Fsp3) is 0.562. The Hall–Kier alpha value is -2.15. The third-order valence-corrected chi connectivity index (χ3v) is 4.22. The van der Waals surface area contributed by atoms with Crippen LogP contribution < -0.4 is 0 Å². The maximum absolute atomic E-state index is 11.5. The molecule has 1 aliphatic rings. The van der Waals surface area contributed by atoms with Crippen LogP contribution in [0.2, 0.25) is 0 Å². The largest absolute Gasteiger partial charge is 0.469 e. The summed E-state index contributed by atoms with van der Waals surface area (Å²) in [5.74, 6) is 2.55. The second kappa shape index (κ2) is 6.54. The lowest BCUT2D eigenvalue weighted by Crippen LogP contribution is -2.36. The van der Waals surface area contributed by atoms with E-state index in [1.165, 1.54) is 7.11 Å². The Morgan fingerprint density at radius 2 is 2.04 bits per heavy atom. The van der Waals surface area contributed by atoms with Crippen LogP contribution in [0.15, 0.2) is 14.9 Å². The number of esters is 1. The van der Waals surface area contributed by atoms with Gasteiger partial charge in [0, 0.05) is 0 Å². The van der Waals surface area contributed by atoms with E-state index in [0.717, 1.165) is 43.0 Å². The highest BCUT2D eigenvalue weighted by Gasteiger charge is 2.26. The number of aromatic nitrogens is 2. The number of ether oxygens (including phenoxy) is 1. The summed E-state index contributed by atoms with van der Waals surface area (Å²) >= 11 is 0. The van der Waals surface area contributed by atoms with Crippen molar-refractivity contribution < 1.29 is 18.4 Å². The molecule has 1 saturated heterocycles. The van der Waals surface area contributed by atoms with Crippen molar-refractivity contribution in [1.82, 2.24) is 15.1 Å². The molecule has 0 saturated carbocycles. The Kier molecular flexibility index (Phi) is 4.47. The first-order valence-corrected chi connectivity index (χ1v) is 7.76. The Balaban J connectivity index is 1.60. The minimum absolute atomic E-state index is 0.00560. The van der Waals surface area contributed by atoms with E-state index in [2.05, 4.69) is 15.1 Å². The monoisotopic (exact) mass is 319 g/mol. The minimum atomic E-state index is -0.115. The maximum atomic E-state index is 11.5. The van der Waals surface area contributed by atoms with Gasteiger partial charge in [0.05, 0.1) is 25.1 Å². The lowest BCUT2D eigenvalue weighted by Gasteiger charge is -2.29. The van der Waals surface area contributed by atoms with E-state index in [-0.39, 0.29) is 11.9 Å². The molecule has 0 bridgehead atoms. The molecule has 0 unspecified atom stereocenters. The summed E-state index contributed by atoms with van der Waals surface area (Å²) in [6, 6.07) is 1.90. The van der Waals surface area contributed by atoms with E-state index in [1.807, 2.05) is 19.9 Å². The second-order valence-electron chi connectivity index (χ2n) is 5.90. The maximum Gasteiger partial charge on any atom is 0.308 e. The average Bonchev–Trinajstić information content (AvgIpc) is 3.13. The number of carbonyl (C=O) groups is 1. The van der Waals surface area contributed by atoms with Crippen LogP contribution in [0.1, 0.15) is 30.3 Å². The van der Waals surface area contributed by atoms with E-state index >= 15 is 0 Å². The Bertz CT molecular complexity index is 683. The van der Waals surface area contributed by atoms with Gasteiger partial charge in [-0.3, -0.25) is 9.69 Å². The molecule has 1 aliphatic heterocycles. The summed E-state index contributed by atoms with van der Waals surface area (Å²) in [7, 11) is 1.44. The van der Waals surface area contributed by atoms with Crippen molar-refractivity contribution in [1.29, 1.82) is 0 Å². The quantitative estimate of drug-likeness (QED) is 0.800. The van der Waals surface area contributed by atoms with Crippen LogP contribution >= 0.6 is 0 Å². The van der Waals surface area contributed by atoms with Crippen LogP contribution in [0.25, 0.3) is 11.5 Å². The SMILES string of the molecule is COC(=O)C1CCN(Cc2nnc(-c3cc(C)oc3C)o2)CC1. The van der Waals surface area contributed by atoms with Gasteiger partial charge in [0.15, 0.2) is 0 Å². The highest BCUT2D eigenvalue weighted by molar-refractivity contribution is 5.72. The smallest absolute Gasteiger partial charge is 0.308 e. The van der Waals surface area contributed by atoms with Crippen molar-refractivity contribution in [2.75, 3.05) is 20.2 Å². The first-order chi connectivity index (χ1) is 11.1. The molecule has 2 aromatic rings. The third-order valence-electron chi connectivity index (χ3n) is 4.22.